The summed E-state index contributed by atoms with van der Waals surface area (Å²) in [6, 6.07) is 0. The molecule has 0 radical (unpaired) electrons. The molecule has 0 saturated carbocycles. The third-order valence-corrected chi connectivity index (χ3v) is 1.38. The molecule has 0 atom stereocenters. The molecule has 58 valence electrons. The molecular weight excluding hydrogens is 120 g/mol. The number of allylic oxidation sites excluding steroid dienone is 4. The predicted octanol–water partition coefficient (Wildman–Crippen LogP) is 3.70. The predicted molar refractivity (Wildman–Crippen MR) is 48.1 cm³/mol. The number of hydrogen-bond acceptors (Lipinski definition) is 0. The zero-order valence-corrected chi connectivity index (χ0v) is 7.14. The lowest BCUT2D eigenvalue weighted by molar-refractivity contribution is 0.864. The van der Waals surface area contributed by atoms with Crippen LogP contribution >= 0.6 is 0 Å². The molecule has 0 aliphatic rings. The van der Waals surface area contributed by atoms with Gasteiger partial charge in [0.15, 0.2) is 0 Å². The normalized spacial score (nSPS) is 11.8. The summed E-state index contributed by atoms with van der Waals surface area (Å²) >= 11 is 0. The minimum absolute atomic E-state index is 1.17. The maximum atomic E-state index is 2.27. The number of unbranched alkanes of at least 4 members (excludes halogenated alkanes) is 2. The Kier molecular flexibility index (Phi) is 8.04. The minimum Gasteiger partial charge on any atom is -0.0917 e. The summed E-state index contributed by atoms with van der Waals surface area (Å²) in [5.41, 5.74) is 0. The maximum Gasteiger partial charge on any atom is -0.0348 e. The standard InChI is InChI=1S/C10H18/c1-3-5-7-9-10-8-6-4-2/h3,5-6,8H,4,7,9-10H2,1-2H3/b5-3-,8-6+. The van der Waals surface area contributed by atoms with Gasteiger partial charge in [-0.3, -0.25) is 0 Å². The average molecular weight is 138 g/mol. The minimum atomic E-state index is 1.17. The molecule has 0 heteroatoms. The largest absolute Gasteiger partial charge is 0.0917 e. The van der Waals surface area contributed by atoms with Crippen LogP contribution in [0.5, 0.6) is 0 Å². The Balaban J connectivity index is 2.97. The van der Waals surface area contributed by atoms with Crippen molar-refractivity contribution in [3.63, 3.8) is 0 Å². The Morgan fingerprint density at radius 1 is 1.00 bits per heavy atom. The Bertz CT molecular complexity index is 98.6. The molecule has 0 heterocycles. The van der Waals surface area contributed by atoms with Crippen LogP contribution in [0.25, 0.3) is 0 Å². The van der Waals surface area contributed by atoms with Crippen LogP contribution in [0.3, 0.4) is 0 Å². The molecule has 0 aromatic heterocycles. The van der Waals surface area contributed by atoms with E-state index in [1.165, 1.54) is 25.7 Å². The van der Waals surface area contributed by atoms with Crippen molar-refractivity contribution in [2.24, 2.45) is 0 Å². The van der Waals surface area contributed by atoms with Crippen LogP contribution in [0.15, 0.2) is 24.3 Å². The van der Waals surface area contributed by atoms with Gasteiger partial charge in [-0.25, -0.2) is 0 Å². The lowest BCUT2D eigenvalue weighted by Crippen LogP contribution is -1.67. The Labute approximate surface area is 64.6 Å². The van der Waals surface area contributed by atoms with Crippen LogP contribution in [0.2, 0.25) is 0 Å². The van der Waals surface area contributed by atoms with Gasteiger partial charge in [0, 0.05) is 0 Å². The molecule has 0 nitrogen and oxygen atoms in total. The summed E-state index contributed by atoms with van der Waals surface area (Å²) in [7, 11) is 0. The third-order valence-electron chi connectivity index (χ3n) is 1.38. The van der Waals surface area contributed by atoms with Crippen molar-refractivity contribution in [1.82, 2.24) is 0 Å². The first-order valence-electron chi connectivity index (χ1n) is 4.18. The second-order valence-corrected chi connectivity index (χ2v) is 2.38. The van der Waals surface area contributed by atoms with E-state index in [2.05, 4.69) is 38.2 Å². The van der Waals surface area contributed by atoms with Crippen LogP contribution in [-0.4, -0.2) is 0 Å². The van der Waals surface area contributed by atoms with Gasteiger partial charge in [0.2, 0.25) is 0 Å². The molecule has 10 heavy (non-hydrogen) atoms. The SMILES string of the molecule is C/C=C\CCC/C=C/CC. The summed E-state index contributed by atoms with van der Waals surface area (Å²) in [4.78, 5) is 0. The van der Waals surface area contributed by atoms with Crippen LogP contribution in [0.4, 0.5) is 0 Å². The maximum absolute atomic E-state index is 2.27. The molecular formula is C10H18. The molecule has 0 aliphatic heterocycles. The van der Waals surface area contributed by atoms with Gasteiger partial charge in [-0.15, -0.1) is 0 Å². The van der Waals surface area contributed by atoms with Crippen LogP contribution in [0, 0.1) is 0 Å². The smallest absolute Gasteiger partial charge is 0.0348 e. The van der Waals surface area contributed by atoms with E-state index in [4.69, 9.17) is 0 Å². The van der Waals surface area contributed by atoms with E-state index < -0.39 is 0 Å². The Hall–Kier alpha value is -0.520. The monoisotopic (exact) mass is 138 g/mol. The molecule has 0 saturated heterocycles. The van der Waals surface area contributed by atoms with E-state index in [9.17, 15) is 0 Å². The van der Waals surface area contributed by atoms with Gasteiger partial charge in [0.25, 0.3) is 0 Å². The second kappa shape index (κ2) is 8.48. The molecule has 0 N–H and O–H groups in total. The van der Waals surface area contributed by atoms with Crippen molar-refractivity contribution in [3.05, 3.63) is 24.3 Å². The van der Waals surface area contributed by atoms with Crippen molar-refractivity contribution in [3.8, 4) is 0 Å². The van der Waals surface area contributed by atoms with Gasteiger partial charge in [-0.1, -0.05) is 31.2 Å². The first-order chi connectivity index (χ1) is 4.91. The van der Waals surface area contributed by atoms with E-state index in [0.717, 1.165) is 0 Å². The first kappa shape index (κ1) is 9.48. The summed E-state index contributed by atoms with van der Waals surface area (Å²) in [5, 5.41) is 0. The molecule has 0 spiro atoms. The fourth-order valence-electron chi connectivity index (χ4n) is 0.805. The first-order valence-corrected chi connectivity index (χ1v) is 4.18. The van der Waals surface area contributed by atoms with Gasteiger partial charge in [-0.05, 0) is 32.6 Å². The summed E-state index contributed by atoms with van der Waals surface area (Å²) in [5.74, 6) is 0. The van der Waals surface area contributed by atoms with Gasteiger partial charge >= 0.3 is 0 Å². The zero-order chi connectivity index (χ0) is 7.66. The molecule has 0 aromatic rings. The average Bonchev–Trinajstić information content (AvgIpc) is 1.97. The highest BCUT2D eigenvalue weighted by molar-refractivity contribution is 4.82. The van der Waals surface area contributed by atoms with E-state index >= 15 is 0 Å². The lowest BCUT2D eigenvalue weighted by Gasteiger charge is -1.88. The van der Waals surface area contributed by atoms with E-state index in [1.54, 1.807) is 0 Å². The summed E-state index contributed by atoms with van der Waals surface area (Å²) in [6.07, 6.45) is 13.8. The molecule has 0 aromatic carbocycles. The highest BCUT2D eigenvalue weighted by Gasteiger charge is 1.77. The molecule has 0 aliphatic carbocycles. The van der Waals surface area contributed by atoms with E-state index in [1.807, 2.05) is 0 Å². The summed E-state index contributed by atoms with van der Waals surface area (Å²) in [6.45, 7) is 4.24. The molecule has 0 fully saturated rings. The van der Waals surface area contributed by atoms with Crippen molar-refractivity contribution < 1.29 is 0 Å². The lowest BCUT2D eigenvalue weighted by atomic mass is 10.2. The van der Waals surface area contributed by atoms with Gasteiger partial charge in [0.1, 0.15) is 0 Å². The number of hydrogen-bond donors (Lipinski definition) is 0. The zero-order valence-electron chi connectivity index (χ0n) is 7.14. The second-order valence-electron chi connectivity index (χ2n) is 2.38. The summed E-state index contributed by atoms with van der Waals surface area (Å²) < 4.78 is 0. The highest BCUT2D eigenvalue weighted by Crippen LogP contribution is 1.97. The number of rotatable bonds is 5. The van der Waals surface area contributed by atoms with E-state index in [0.29, 0.717) is 0 Å². The van der Waals surface area contributed by atoms with Crippen molar-refractivity contribution in [2.45, 2.75) is 39.5 Å². The highest BCUT2D eigenvalue weighted by atomic mass is 13.8. The van der Waals surface area contributed by atoms with Crippen LogP contribution in [-0.2, 0) is 0 Å². The van der Waals surface area contributed by atoms with Gasteiger partial charge in [-0.2, -0.15) is 0 Å². The molecule has 0 rings (SSSR count). The van der Waals surface area contributed by atoms with Crippen molar-refractivity contribution in [1.29, 1.82) is 0 Å². The fraction of sp³-hybridized carbons (Fsp3) is 0.600. The molecule has 0 amide bonds. The quantitative estimate of drug-likeness (QED) is 0.401. The third kappa shape index (κ3) is 7.48. The van der Waals surface area contributed by atoms with Crippen LogP contribution < -0.4 is 0 Å². The fourth-order valence-corrected chi connectivity index (χ4v) is 0.805. The Morgan fingerprint density at radius 3 is 2.30 bits per heavy atom. The van der Waals surface area contributed by atoms with Crippen molar-refractivity contribution >= 4 is 0 Å². The topological polar surface area (TPSA) is 0 Å². The van der Waals surface area contributed by atoms with Gasteiger partial charge < -0.3 is 0 Å². The van der Waals surface area contributed by atoms with Crippen LogP contribution in [0.1, 0.15) is 39.5 Å². The molecule has 0 unspecified atom stereocenters. The Morgan fingerprint density at radius 2 is 1.70 bits per heavy atom. The van der Waals surface area contributed by atoms with E-state index in [-0.39, 0.29) is 0 Å². The molecule has 0 bridgehead atoms. The van der Waals surface area contributed by atoms with Crippen molar-refractivity contribution in [2.75, 3.05) is 0 Å². The van der Waals surface area contributed by atoms with Gasteiger partial charge in [0.05, 0.1) is 0 Å².